The molecule has 0 amide bonds. The fourth-order valence-corrected chi connectivity index (χ4v) is 4.00. The highest BCUT2D eigenvalue weighted by Gasteiger charge is 2.13. The minimum Gasteiger partial charge on any atom is -0.493 e. The van der Waals surface area contributed by atoms with Crippen LogP contribution in [0.2, 0.25) is 0 Å². The largest absolute Gasteiger partial charge is 0.493 e. The maximum absolute atomic E-state index is 6.02. The molecule has 1 heterocycles. The van der Waals surface area contributed by atoms with Crippen LogP contribution in [0.3, 0.4) is 0 Å². The summed E-state index contributed by atoms with van der Waals surface area (Å²) in [5.41, 5.74) is 6.62. The van der Waals surface area contributed by atoms with E-state index in [1.54, 1.807) is 13.3 Å². The highest BCUT2D eigenvalue weighted by atomic mass is 16.5. The third-order valence-electron chi connectivity index (χ3n) is 5.83. The fraction of sp³-hybridized carbons (Fsp3) is 0.346. The summed E-state index contributed by atoms with van der Waals surface area (Å²) in [5.74, 6) is 1.49. The molecule has 1 unspecified atom stereocenters. The standard InChI is InChI=1S/C26H30N2O2/c1-19(23-11-10-22-7-3-4-8-24(22)15-23)28-17-20-9-12-25(29-2)26(14-20)30-18-21-6-5-13-27-16-21/h5-6,9-16,19,28H,3-4,7-8,17-18H2,1-2H3. The second kappa shape index (κ2) is 9.77. The van der Waals surface area contributed by atoms with Gasteiger partial charge in [0.1, 0.15) is 6.61 Å². The van der Waals surface area contributed by atoms with Crippen molar-refractivity contribution in [2.75, 3.05) is 7.11 Å². The topological polar surface area (TPSA) is 43.4 Å². The molecule has 0 fully saturated rings. The number of rotatable bonds is 8. The van der Waals surface area contributed by atoms with E-state index in [9.17, 15) is 0 Å². The van der Waals surface area contributed by atoms with Gasteiger partial charge in [-0.05, 0) is 73.1 Å². The first-order valence-corrected chi connectivity index (χ1v) is 10.8. The van der Waals surface area contributed by atoms with E-state index in [2.05, 4.69) is 47.6 Å². The molecule has 30 heavy (non-hydrogen) atoms. The number of methoxy groups -OCH3 is 1. The molecule has 0 saturated carbocycles. The lowest BCUT2D eigenvalue weighted by atomic mass is 9.89. The number of aromatic nitrogens is 1. The van der Waals surface area contributed by atoms with Crippen LogP contribution in [-0.4, -0.2) is 12.1 Å². The quantitative estimate of drug-likeness (QED) is 0.548. The number of hydrogen-bond donors (Lipinski definition) is 1. The van der Waals surface area contributed by atoms with Crippen molar-refractivity contribution >= 4 is 0 Å². The molecule has 4 rings (SSSR count). The Morgan fingerprint density at radius 2 is 1.83 bits per heavy atom. The zero-order valence-electron chi connectivity index (χ0n) is 17.9. The minimum absolute atomic E-state index is 0.291. The summed E-state index contributed by atoms with van der Waals surface area (Å²) < 4.78 is 11.5. The predicted molar refractivity (Wildman–Crippen MR) is 120 cm³/mol. The third-order valence-corrected chi connectivity index (χ3v) is 5.83. The van der Waals surface area contributed by atoms with Crippen molar-refractivity contribution in [1.29, 1.82) is 0 Å². The molecular weight excluding hydrogens is 372 g/mol. The van der Waals surface area contributed by atoms with Gasteiger partial charge in [0.2, 0.25) is 0 Å². The number of ether oxygens (including phenoxy) is 2. The van der Waals surface area contributed by atoms with Gasteiger partial charge in [0.15, 0.2) is 11.5 Å². The number of fused-ring (bicyclic) bond motifs is 1. The molecule has 0 spiro atoms. The second-order valence-corrected chi connectivity index (χ2v) is 7.97. The molecule has 156 valence electrons. The van der Waals surface area contributed by atoms with Gasteiger partial charge in [-0.25, -0.2) is 0 Å². The Morgan fingerprint density at radius 3 is 2.63 bits per heavy atom. The van der Waals surface area contributed by atoms with Gasteiger partial charge in [0.25, 0.3) is 0 Å². The molecule has 1 N–H and O–H groups in total. The average molecular weight is 403 g/mol. The Balaban J connectivity index is 1.40. The number of pyridine rings is 1. The summed E-state index contributed by atoms with van der Waals surface area (Å²) in [6.07, 6.45) is 8.66. The van der Waals surface area contributed by atoms with Gasteiger partial charge < -0.3 is 14.8 Å². The van der Waals surface area contributed by atoms with Crippen molar-refractivity contribution in [2.24, 2.45) is 0 Å². The molecule has 1 atom stereocenters. The van der Waals surface area contributed by atoms with Gasteiger partial charge in [-0.2, -0.15) is 0 Å². The summed E-state index contributed by atoms with van der Waals surface area (Å²) in [7, 11) is 1.67. The Bertz CT molecular complexity index is 972. The van der Waals surface area contributed by atoms with E-state index in [1.807, 2.05) is 24.4 Å². The molecule has 1 aliphatic carbocycles. The molecule has 0 radical (unpaired) electrons. The van der Waals surface area contributed by atoms with E-state index in [0.29, 0.717) is 12.6 Å². The lowest BCUT2D eigenvalue weighted by molar-refractivity contribution is 0.283. The molecule has 2 aromatic carbocycles. The third kappa shape index (κ3) is 5.00. The molecule has 1 aliphatic rings. The van der Waals surface area contributed by atoms with Crippen molar-refractivity contribution in [2.45, 2.75) is 51.8 Å². The molecule has 4 heteroatoms. The number of benzene rings is 2. The van der Waals surface area contributed by atoms with Gasteiger partial charge >= 0.3 is 0 Å². The normalized spacial score (nSPS) is 14.1. The number of aryl methyl sites for hydroxylation is 2. The summed E-state index contributed by atoms with van der Waals surface area (Å²) in [6.45, 7) is 3.46. The van der Waals surface area contributed by atoms with Crippen LogP contribution in [0.5, 0.6) is 11.5 Å². The lowest BCUT2D eigenvalue weighted by Gasteiger charge is -2.20. The van der Waals surface area contributed by atoms with Crippen LogP contribution < -0.4 is 14.8 Å². The van der Waals surface area contributed by atoms with E-state index in [0.717, 1.165) is 23.6 Å². The highest BCUT2D eigenvalue weighted by molar-refractivity contribution is 5.43. The molecule has 0 bridgehead atoms. The van der Waals surface area contributed by atoms with E-state index in [4.69, 9.17) is 9.47 Å². The SMILES string of the molecule is COc1ccc(CNC(C)c2ccc3c(c2)CCCC3)cc1OCc1cccnc1. The van der Waals surface area contributed by atoms with Crippen LogP contribution in [0.4, 0.5) is 0 Å². The first-order chi connectivity index (χ1) is 14.7. The molecule has 1 aromatic heterocycles. The van der Waals surface area contributed by atoms with Gasteiger partial charge in [0.05, 0.1) is 7.11 Å². The van der Waals surface area contributed by atoms with Crippen LogP contribution in [-0.2, 0) is 26.0 Å². The minimum atomic E-state index is 0.291. The average Bonchev–Trinajstić information content (AvgIpc) is 2.81. The molecule has 4 nitrogen and oxygen atoms in total. The van der Waals surface area contributed by atoms with Crippen molar-refractivity contribution in [3.63, 3.8) is 0 Å². The predicted octanol–water partition coefficient (Wildman–Crippen LogP) is 5.40. The van der Waals surface area contributed by atoms with Crippen LogP contribution in [0.1, 0.15) is 53.6 Å². The summed E-state index contributed by atoms with van der Waals surface area (Å²) in [4.78, 5) is 4.14. The van der Waals surface area contributed by atoms with Crippen LogP contribution in [0.25, 0.3) is 0 Å². The Labute approximate surface area is 179 Å². The molecular formula is C26H30N2O2. The van der Waals surface area contributed by atoms with Crippen LogP contribution in [0.15, 0.2) is 60.9 Å². The lowest BCUT2D eigenvalue weighted by Crippen LogP contribution is -2.18. The fourth-order valence-electron chi connectivity index (χ4n) is 4.00. The van der Waals surface area contributed by atoms with E-state index in [1.165, 1.54) is 47.9 Å². The van der Waals surface area contributed by atoms with E-state index >= 15 is 0 Å². The van der Waals surface area contributed by atoms with Gasteiger partial charge in [0, 0.05) is 30.5 Å². The van der Waals surface area contributed by atoms with Crippen molar-refractivity contribution in [1.82, 2.24) is 10.3 Å². The summed E-state index contributed by atoms with van der Waals surface area (Å²) in [6, 6.07) is 17.3. The van der Waals surface area contributed by atoms with Gasteiger partial charge in [-0.15, -0.1) is 0 Å². The Kier molecular flexibility index (Phi) is 6.65. The van der Waals surface area contributed by atoms with Crippen molar-refractivity contribution < 1.29 is 9.47 Å². The second-order valence-electron chi connectivity index (χ2n) is 7.97. The van der Waals surface area contributed by atoms with Crippen LogP contribution in [0, 0.1) is 0 Å². The summed E-state index contributed by atoms with van der Waals surface area (Å²) >= 11 is 0. The van der Waals surface area contributed by atoms with Crippen molar-refractivity contribution in [3.8, 4) is 11.5 Å². The highest BCUT2D eigenvalue weighted by Crippen LogP contribution is 2.29. The first kappa shape index (κ1) is 20.4. The number of nitrogens with one attached hydrogen (secondary N) is 1. The van der Waals surface area contributed by atoms with Gasteiger partial charge in [-0.1, -0.05) is 30.3 Å². The molecule has 0 saturated heterocycles. The van der Waals surface area contributed by atoms with E-state index < -0.39 is 0 Å². The zero-order chi connectivity index (χ0) is 20.8. The summed E-state index contributed by atoms with van der Waals surface area (Å²) in [5, 5.41) is 3.65. The first-order valence-electron chi connectivity index (χ1n) is 10.8. The maximum Gasteiger partial charge on any atom is 0.161 e. The van der Waals surface area contributed by atoms with Crippen LogP contribution >= 0.6 is 0 Å². The van der Waals surface area contributed by atoms with Crippen molar-refractivity contribution in [3.05, 3.63) is 88.7 Å². The maximum atomic E-state index is 6.02. The molecule has 3 aromatic rings. The Hall–Kier alpha value is -2.85. The monoisotopic (exact) mass is 402 g/mol. The van der Waals surface area contributed by atoms with Gasteiger partial charge in [-0.3, -0.25) is 4.98 Å². The smallest absolute Gasteiger partial charge is 0.161 e. The number of nitrogens with zero attached hydrogens (tertiary/aromatic N) is 1. The molecule has 0 aliphatic heterocycles. The number of hydrogen-bond acceptors (Lipinski definition) is 4. The zero-order valence-corrected chi connectivity index (χ0v) is 17.9. The van der Waals surface area contributed by atoms with E-state index in [-0.39, 0.29) is 0 Å². The Morgan fingerprint density at radius 1 is 0.967 bits per heavy atom.